The molecular weight excluding hydrogens is 454 g/mol. The van der Waals surface area contributed by atoms with Crippen LogP contribution in [0.4, 0.5) is 10.5 Å². The Labute approximate surface area is 204 Å². The number of carbonyl (C=O) groups is 5. The zero-order valence-corrected chi connectivity index (χ0v) is 20.9. The first-order valence-corrected chi connectivity index (χ1v) is 11.6. The van der Waals surface area contributed by atoms with Gasteiger partial charge in [-0.25, -0.2) is 9.59 Å². The van der Waals surface area contributed by atoms with Gasteiger partial charge in [0.05, 0.1) is 12.7 Å². The van der Waals surface area contributed by atoms with Gasteiger partial charge in [-0.1, -0.05) is 26.8 Å². The molecule has 0 aromatic heterocycles. The molecule has 190 valence electrons. The Kier molecular flexibility index (Phi) is 7.52. The van der Waals surface area contributed by atoms with Crippen molar-refractivity contribution in [3.8, 4) is 0 Å². The molecule has 1 aliphatic carbocycles. The lowest BCUT2D eigenvalue weighted by Gasteiger charge is -2.40. The summed E-state index contributed by atoms with van der Waals surface area (Å²) in [7, 11) is 1.25. The van der Waals surface area contributed by atoms with E-state index in [1.807, 2.05) is 0 Å². The third kappa shape index (κ3) is 5.80. The summed E-state index contributed by atoms with van der Waals surface area (Å²) in [4.78, 5) is 62.7. The molecule has 2 fully saturated rings. The van der Waals surface area contributed by atoms with Gasteiger partial charge in [0.2, 0.25) is 0 Å². The molecule has 0 unspecified atom stereocenters. The second-order valence-corrected chi connectivity index (χ2v) is 10.3. The second kappa shape index (κ2) is 10.1. The molecule has 0 radical (unpaired) electrons. The van der Waals surface area contributed by atoms with Crippen molar-refractivity contribution in [2.75, 3.05) is 25.6 Å². The van der Waals surface area contributed by atoms with Crippen LogP contribution in [-0.2, 0) is 23.9 Å². The SMILES string of the molecule is COC(=O)c1ccc(C)c(NC(=O)COC(=O)CN2C(=O)NC3(CCC(C(C)(C)C)CC3)C2=O)c1. The van der Waals surface area contributed by atoms with Crippen molar-refractivity contribution in [1.82, 2.24) is 10.2 Å². The Balaban J connectivity index is 1.53. The number of urea groups is 1. The van der Waals surface area contributed by atoms with E-state index in [-0.39, 0.29) is 11.0 Å². The lowest BCUT2D eigenvalue weighted by atomic mass is 9.67. The molecule has 1 heterocycles. The number of methoxy groups -OCH3 is 1. The van der Waals surface area contributed by atoms with Gasteiger partial charge in [-0.2, -0.15) is 0 Å². The molecule has 1 saturated heterocycles. The molecule has 2 N–H and O–H groups in total. The molecule has 10 heteroatoms. The van der Waals surface area contributed by atoms with E-state index in [0.29, 0.717) is 30.0 Å². The van der Waals surface area contributed by atoms with Crippen LogP contribution in [0.1, 0.15) is 62.4 Å². The maximum atomic E-state index is 13.0. The maximum Gasteiger partial charge on any atom is 0.337 e. The fraction of sp³-hybridized carbons (Fsp3) is 0.560. The minimum Gasteiger partial charge on any atom is -0.465 e. The summed E-state index contributed by atoms with van der Waals surface area (Å²) in [6, 6.07) is 4.05. The topological polar surface area (TPSA) is 131 Å². The number of nitrogens with one attached hydrogen (secondary N) is 2. The zero-order chi connectivity index (χ0) is 26.0. The zero-order valence-electron chi connectivity index (χ0n) is 20.9. The van der Waals surface area contributed by atoms with Crippen molar-refractivity contribution in [1.29, 1.82) is 0 Å². The molecule has 0 atom stereocenters. The van der Waals surface area contributed by atoms with Crippen molar-refractivity contribution in [3.05, 3.63) is 29.3 Å². The van der Waals surface area contributed by atoms with Crippen LogP contribution >= 0.6 is 0 Å². The first-order chi connectivity index (χ1) is 16.4. The molecule has 10 nitrogen and oxygen atoms in total. The van der Waals surface area contributed by atoms with Gasteiger partial charge in [0, 0.05) is 5.69 Å². The van der Waals surface area contributed by atoms with E-state index in [2.05, 4.69) is 36.1 Å². The van der Waals surface area contributed by atoms with Gasteiger partial charge in [0.1, 0.15) is 12.1 Å². The Morgan fingerprint density at radius 3 is 2.43 bits per heavy atom. The molecule has 35 heavy (non-hydrogen) atoms. The van der Waals surface area contributed by atoms with Gasteiger partial charge in [-0.15, -0.1) is 0 Å². The van der Waals surface area contributed by atoms with Crippen molar-refractivity contribution >= 4 is 35.5 Å². The fourth-order valence-electron chi connectivity index (χ4n) is 4.64. The van der Waals surface area contributed by atoms with E-state index in [4.69, 9.17) is 4.74 Å². The minimum atomic E-state index is -0.974. The van der Waals surface area contributed by atoms with Crippen LogP contribution < -0.4 is 10.6 Å². The van der Waals surface area contributed by atoms with E-state index in [0.717, 1.165) is 17.7 Å². The Hall–Kier alpha value is -3.43. The number of amides is 4. The number of anilines is 1. The maximum absolute atomic E-state index is 13.0. The van der Waals surface area contributed by atoms with Crippen LogP contribution in [-0.4, -0.2) is 60.5 Å². The Morgan fingerprint density at radius 2 is 1.83 bits per heavy atom. The Morgan fingerprint density at radius 1 is 1.17 bits per heavy atom. The molecule has 0 bridgehead atoms. The van der Waals surface area contributed by atoms with Crippen LogP contribution in [0.25, 0.3) is 0 Å². The van der Waals surface area contributed by atoms with Gasteiger partial charge >= 0.3 is 18.0 Å². The van der Waals surface area contributed by atoms with Gasteiger partial charge in [0.15, 0.2) is 6.61 Å². The summed E-state index contributed by atoms with van der Waals surface area (Å²) >= 11 is 0. The number of rotatable bonds is 6. The fourth-order valence-corrected chi connectivity index (χ4v) is 4.64. The third-order valence-electron chi connectivity index (χ3n) is 6.89. The standard InChI is InChI=1S/C25H33N3O7/c1-15-6-7-16(21(31)34-5)12-18(15)26-19(29)14-35-20(30)13-28-22(32)25(27-23(28)33)10-8-17(9-11-25)24(2,3)4/h6-7,12,17H,8-11,13-14H2,1-5H3,(H,26,29)(H,27,33). The molecule has 1 aromatic rings. The average Bonchev–Trinajstić information content (AvgIpc) is 3.02. The van der Waals surface area contributed by atoms with Crippen LogP contribution in [0.2, 0.25) is 0 Å². The van der Waals surface area contributed by atoms with E-state index in [1.54, 1.807) is 19.1 Å². The number of hydrogen-bond donors (Lipinski definition) is 2. The van der Waals surface area contributed by atoms with Gasteiger partial charge < -0.3 is 20.1 Å². The second-order valence-electron chi connectivity index (χ2n) is 10.3. The van der Waals surface area contributed by atoms with Crippen LogP contribution in [0.3, 0.4) is 0 Å². The Bertz CT molecular complexity index is 1040. The highest BCUT2D eigenvalue weighted by molar-refractivity contribution is 6.08. The molecule has 1 aromatic carbocycles. The van der Waals surface area contributed by atoms with E-state index in [9.17, 15) is 24.0 Å². The third-order valence-corrected chi connectivity index (χ3v) is 6.89. The number of benzene rings is 1. The van der Waals surface area contributed by atoms with Crippen molar-refractivity contribution < 1.29 is 33.4 Å². The van der Waals surface area contributed by atoms with Crippen molar-refractivity contribution in [2.24, 2.45) is 11.3 Å². The smallest absolute Gasteiger partial charge is 0.337 e. The summed E-state index contributed by atoms with van der Waals surface area (Å²) in [6.45, 7) is 7.06. The molecule has 2 aliphatic rings. The summed E-state index contributed by atoms with van der Waals surface area (Å²) < 4.78 is 9.67. The number of nitrogens with zero attached hydrogens (tertiary/aromatic N) is 1. The first kappa shape index (κ1) is 26.2. The minimum absolute atomic E-state index is 0.122. The van der Waals surface area contributed by atoms with E-state index in [1.165, 1.54) is 13.2 Å². The van der Waals surface area contributed by atoms with Gasteiger partial charge in [-0.05, 0) is 61.6 Å². The number of aryl methyl sites for hydroxylation is 1. The molecule has 1 spiro atoms. The summed E-state index contributed by atoms with van der Waals surface area (Å²) in [5.41, 5.74) is 0.475. The molecule has 4 amide bonds. The molecular formula is C25H33N3O7. The summed E-state index contributed by atoms with van der Waals surface area (Å²) in [5, 5.41) is 5.36. The quantitative estimate of drug-likeness (QED) is 0.466. The van der Waals surface area contributed by atoms with E-state index >= 15 is 0 Å². The monoisotopic (exact) mass is 487 g/mol. The average molecular weight is 488 g/mol. The number of ether oxygens (including phenoxy) is 2. The predicted molar refractivity (Wildman–Crippen MR) is 126 cm³/mol. The van der Waals surface area contributed by atoms with E-state index < -0.39 is 48.5 Å². The number of imide groups is 1. The highest BCUT2D eigenvalue weighted by atomic mass is 16.5. The van der Waals surface area contributed by atoms with Gasteiger partial charge in [-0.3, -0.25) is 19.3 Å². The summed E-state index contributed by atoms with van der Waals surface area (Å²) in [5.74, 6) is -2.02. The number of carbonyl (C=O) groups excluding carboxylic acids is 5. The van der Waals surface area contributed by atoms with Crippen LogP contribution in [0, 0.1) is 18.3 Å². The number of esters is 2. The highest BCUT2D eigenvalue weighted by Crippen LogP contribution is 2.43. The molecule has 3 rings (SSSR count). The van der Waals surface area contributed by atoms with Crippen LogP contribution in [0.5, 0.6) is 0 Å². The summed E-state index contributed by atoms with van der Waals surface area (Å²) in [6.07, 6.45) is 2.67. The first-order valence-electron chi connectivity index (χ1n) is 11.6. The van der Waals surface area contributed by atoms with Crippen LogP contribution in [0.15, 0.2) is 18.2 Å². The number of hydrogen-bond acceptors (Lipinski definition) is 7. The highest BCUT2D eigenvalue weighted by Gasteiger charge is 2.53. The van der Waals surface area contributed by atoms with Crippen molar-refractivity contribution in [3.63, 3.8) is 0 Å². The lowest BCUT2D eigenvalue weighted by molar-refractivity contribution is -0.150. The molecule has 1 saturated carbocycles. The van der Waals surface area contributed by atoms with Gasteiger partial charge in [0.25, 0.3) is 11.8 Å². The normalized spacial score (nSPS) is 22.1. The molecule has 1 aliphatic heterocycles. The largest absolute Gasteiger partial charge is 0.465 e. The van der Waals surface area contributed by atoms with Crippen molar-refractivity contribution in [2.45, 2.75) is 58.9 Å². The predicted octanol–water partition coefficient (Wildman–Crippen LogP) is 2.79. The lowest BCUT2D eigenvalue weighted by Crippen LogP contribution is -2.50.